The van der Waals surface area contributed by atoms with Crippen LogP contribution in [0.5, 0.6) is 0 Å². The molecule has 0 spiro atoms. The van der Waals surface area contributed by atoms with Gasteiger partial charge in [0, 0.05) is 18.0 Å². The van der Waals surface area contributed by atoms with Crippen molar-refractivity contribution in [3.05, 3.63) is 71.3 Å². The number of aliphatic hydroxyl groups is 1. The van der Waals surface area contributed by atoms with Crippen molar-refractivity contribution in [2.24, 2.45) is 17.4 Å². The summed E-state index contributed by atoms with van der Waals surface area (Å²) in [6.07, 6.45) is 0.142. The average molecular weight is 298 g/mol. The highest BCUT2D eigenvalue weighted by Gasteiger charge is 2.26. The minimum atomic E-state index is -0.508. The Morgan fingerprint density at radius 1 is 0.909 bits per heavy atom. The van der Waals surface area contributed by atoms with Crippen LogP contribution in [0, 0.1) is 12.8 Å². The molecule has 2 aromatic rings. The maximum atomic E-state index is 10.1. The molecule has 0 fully saturated rings. The Balaban J connectivity index is 2.13. The Hall–Kier alpha value is -1.68. The molecular weight excluding hydrogens is 272 g/mol. The second kappa shape index (κ2) is 7.54. The fraction of sp³-hybridized carbons (Fsp3) is 0.368. The summed E-state index contributed by atoms with van der Waals surface area (Å²) in [5, 5.41) is 10.1. The van der Waals surface area contributed by atoms with Crippen LogP contribution in [-0.4, -0.2) is 11.2 Å². The van der Waals surface area contributed by atoms with Crippen LogP contribution in [0.3, 0.4) is 0 Å². The molecule has 0 amide bonds. The molecule has 0 heterocycles. The molecule has 3 heteroatoms. The lowest BCUT2D eigenvalue weighted by Crippen LogP contribution is -2.32. The summed E-state index contributed by atoms with van der Waals surface area (Å²) in [6.45, 7) is 3.84. The van der Waals surface area contributed by atoms with Crippen LogP contribution in [-0.2, 0) is 0 Å². The van der Waals surface area contributed by atoms with Crippen molar-refractivity contribution in [1.29, 1.82) is 0 Å². The summed E-state index contributed by atoms with van der Waals surface area (Å²) < 4.78 is 0. The van der Waals surface area contributed by atoms with Crippen molar-refractivity contribution in [3.63, 3.8) is 0 Å². The lowest BCUT2D eigenvalue weighted by atomic mass is 9.83. The highest BCUT2D eigenvalue weighted by Crippen LogP contribution is 2.30. The Kier molecular flexibility index (Phi) is 5.72. The SMILES string of the molecule is Cc1ccc(C(N)C[C@@H](C(N)c2ccccc2)[C@@H](C)O)cc1. The number of aryl methyl sites for hydroxylation is 1. The van der Waals surface area contributed by atoms with Crippen LogP contribution in [0.25, 0.3) is 0 Å². The summed E-state index contributed by atoms with van der Waals surface area (Å²) in [6, 6.07) is 17.8. The number of rotatable bonds is 6. The average Bonchev–Trinajstić information content (AvgIpc) is 2.53. The van der Waals surface area contributed by atoms with E-state index in [1.54, 1.807) is 6.92 Å². The first kappa shape index (κ1) is 16.7. The van der Waals surface area contributed by atoms with Crippen LogP contribution < -0.4 is 11.5 Å². The lowest BCUT2D eigenvalue weighted by molar-refractivity contribution is 0.0987. The predicted octanol–water partition coefficient (Wildman–Crippen LogP) is 3.08. The molecule has 0 aliphatic rings. The first-order chi connectivity index (χ1) is 10.5. The molecule has 2 rings (SSSR count). The molecule has 0 radical (unpaired) electrons. The predicted molar refractivity (Wildman–Crippen MR) is 91.3 cm³/mol. The standard InChI is InChI=1S/C19H26N2O/c1-13-8-10-15(11-9-13)18(20)12-17(14(2)22)19(21)16-6-4-3-5-7-16/h3-11,14,17-19,22H,12,20-21H2,1-2H3/t14-,17-,18?,19?/m1/s1. The molecular formula is C19H26N2O. The van der Waals surface area contributed by atoms with E-state index < -0.39 is 6.10 Å². The van der Waals surface area contributed by atoms with E-state index in [0.29, 0.717) is 6.42 Å². The van der Waals surface area contributed by atoms with Gasteiger partial charge in [-0.3, -0.25) is 0 Å². The second-order valence-corrected chi connectivity index (χ2v) is 6.09. The van der Waals surface area contributed by atoms with E-state index in [1.165, 1.54) is 5.56 Å². The van der Waals surface area contributed by atoms with Crippen LogP contribution in [0.2, 0.25) is 0 Å². The van der Waals surface area contributed by atoms with Crippen molar-refractivity contribution in [1.82, 2.24) is 0 Å². The van der Waals surface area contributed by atoms with Crippen LogP contribution in [0.15, 0.2) is 54.6 Å². The zero-order valence-corrected chi connectivity index (χ0v) is 13.3. The topological polar surface area (TPSA) is 72.3 Å². The molecule has 0 bridgehead atoms. The zero-order chi connectivity index (χ0) is 16.1. The van der Waals surface area contributed by atoms with Crippen LogP contribution in [0.1, 0.15) is 42.1 Å². The number of aliphatic hydroxyl groups excluding tert-OH is 1. The van der Waals surface area contributed by atoms with Gasteiger partial charge in [-0.2, -0.15) is 0 Å². The third kappa shape index (κ3) is 4.17. The number of hydrogen-bond donors (Lipinski definition) is 3. The minimum absolute atomic E-state index is 0.0845. The number of nitrogens with two attached hydrogens (primary N) is 2. The van der Waals surface area contributed by atoms with Gasteiger partial charge in [0.25, 0.3) is 0 Å². The van der Waals surface area contributed by atoms with Crippen LogP contribution >= 0.6 is 0 Å². The van der Waals surface area contributed by atoms with E-state index in [0.717, 1.165) is 11.1 Å². The molecule has 2 unspecified atom stereocenters. The Bertz CT molecular complexity index is 566. The van der Waals surface area contributed by atoms with Gasteiger partial charge in [-0.1, -0.05) is 60.2 Å². The van der Waals surface area contributed by atoms with Crippen molar-refractivity contribution in [3.8, 4) is 0 Å². The van der Waals surface area contributed by atoms with Gasteiger partial charge in [0.2, 0.25) is 0 Å². The molecule has 0 aliphatic carbocycles. The Labute approximate surface area is 133 Å². The molecule has 2 aromatic carbocycles. The molecule has 0 saturated heterocycles. The molecule has 118 valence electrons. The van der Waals surface area contributed by atoms with Crippen molar-refractivity contribution in [2.75, 3.05) is 0 Å². The van der Waals surface area contributed by atoms with Gasteiger partial charge in [-0.05, 0) is 31.4 Å². The van der Waals surface area contributed by atoms with Gasteiger partial charge in [-0.25, -0.2) is 0 Å². The normalized spacial score (nSPS) is 16.8. The Morgan fingerprint density at radius 3 is 2.05 bits per heavy atom. The zero-order valence-electron chi connectivity index (χ0n) is 13.3. The number of benzene rings is 2. The molecule has 0 saturated carbocycles. The van der Waals surface area contributed by atoms with E-state index >= 15 is 0 Å². The maximum Gasteiger partial charge on any atom is 0.0559 e. The fourth-order valence-electron chi connectivity index (χ4n) is 2.81. The smallest absolute Gasteiger partial charge is 0.0559 e. The van der Waals surface area contributed by atoms with Gasteiger partial charge in [0.1, 0.15) is 0 Å². The molecule has 5 N–H and O–H groups in total. The van der Waals surface area contributed by atoms with Crippen molar-refractivity contribution >= 4 is 0 Å². The van der Waals surface area contributed by atoms with Crippen molar-refractivity contribution < 1.29 is 5.11 Å². The molecule has 0 aromatic heterocycles. The second-order valence-electron chi connectivity index (χ2n) is 6.09. The van der Waals surface area contributed by atoms with E-state index in [2.05, 4.69) is 19.1 Å². The minimum Gasteiger partial charge on any atom is -0.393 e. The quantitative estimate of drug-likeness (QED) is 0.767. The summed E-state index contributed by atoms with van der Waals surface area (Å²) in [4.78, 5) is 0. The van der Waals surface area contributed by atoms with Gasteiger partial charge in [-0.15, -0.1) is 0 Å². The first-order valence-electron chi connectivity index (χ1n) is 7.79. The number of hydrogen-bond acceptors (Lipinski definition) is 3. The third-order valence-electron chi connectivity index (χ3n) is 4.30. The van der Waals surface area contributed by atoms with E-state index in [-0.39, 0.29) is 18.0 Å². The Morgan fingerprint density at radius 2 is 1.50 bits per heavy atom. The van der Waals surface area contributed by atoms with Crippen LogP contribution in [0.4, 0.5) is 0 Å². The summed E-state index contributed by atoms with van der Waals surface area (Å²) in [5.41, 5.74) is 16.0. The highest BCUT2D eigenvalue weighted by atomic mass is 16.3. The molecule has 3 nitrogen and oxygen atoms in total. The molecule has 0 aliphatic heterocycles. The highest BCUT2D eigenvalue weighted by molar-refractivity contribution is 5.24. The molecule has 4 atom stereocenters. The van der Waals surface area contributed by atoms with Gasteiger partial charge in [0.15, 0.2) is 0 Å². The summed E-state index contributed by atoms with van der Waals surface area (Å²) in [5.74, 6) is -0.0845. The van der Waals surface area contributed by atoms with Gasteiger partial charge >= 0.3 is 0 Å². The van der Waals surface area contributed by atoms with E-state index in [4.69, 9.17) is 11.5 Å². The largest absolute Gasteiger partial charge is 0.393 e. The fourth-order valence-corrected chi connectivity index (χ4v) is 2.81. The van der Waals surface area contributed by atoms with Crippen molar-refractivity contribution in [2.45, 2.75) is 38.5 Å². The summed E-state index contributed by atoms with van der Waals surface area (Å²) in [7, 11) is 0. The van der Waals surface area contributed by atoms with E-state index in [1.807, 2.05) is 42.5 Å². The molecule has 22 heavy (non-hydrogen) atoms. The third-order valence-corrected chi connectivity index (χ3v) is 4.30. The first-order valence-corrected chi connectivity index (χ1v) is 7.79. The van der Waals surface area contributed by atoms with E-state index in [9.17, 15) is 5.11 Å². The van der Waals surface area contributed by atoms with Gasteiger partial charge < -0.3 is 16.6 Å². The maximum absolute atomic E-state index is 10.1. The summed E-state index contributed by atoms with van der Waals surface area (Å²) >= 11 is 0. The van der Waals surface area contributed by atoms with Gasteiger partial charge in [0.05, 0.1) is 6.10 Å². The monoisotopic (exact) mass is 298 g/mol. The lowest BCUT2D eigenvalue weighted by Gasteiger charge is -2.29.